The molecule has 0 bridgehead atoms. The Morgan fingerprint density at radius 3 is 2.35 bits per heavy atom. The Hall–Kier alpha value is -1.93. The van der Waals surface area contributed by atoms with Crippen molar-refractivity contribution in [2.75, 3.05) is 19.6 Å². The van der Waals surface area contributed by atoms with Crippen LogP contribution in [-0.2, 0) is 30.8 Å². The number of likely N-dealkylation sites (N-methyl/N-ethyl adjacent to an activating group) is 1. The zero-order chi connectivity index (χ0) is 19.2. The van der Waals surface area contributed by atoms with E-state index in [1.165, 1.54) is 23.4 Å². The molecule has 1 atom stereocenters. The van der Waals surface area contributed by atoms with Crippen LogP contribution in [0.3, 0.4) is 0 Å². The summed E-state index contributed by atoms with van der Waals surface area (Å²) in [7, 11) is -3.48. The predicted octanol–water partition coefficient (Wildman–Crippen LogP) is 1.47. The fraction of sp³-hybridized carbons (Fsp3) is 0.556. The number of nitrogens with zero attached hydrogens (tertiary/aromatic N) is 1. The van der Waals surface area contributed by atoms with E-state index >= 15 is 0 Å². The van der Waals surface area contributed by atoms with Crippen molar-refractivity contribution in [2.24, 2.45) is 0 Å². The lowest BCUT2D eigenvalue weighted by Crippen LogP contribution is -2.36. The van der Waals surface area contributed by atoms with Gasteiger partial charge in [-0.3, -0.25) is 9.59 Å². The molecule has 144 valence electrons. The van der Waals surface area contributed by atoms with E-state index in [0.29, 0.717) is 25.2 Å². The third-order valence-corrected chi connectivity index (χ3v) is 6.17. The minimum absolute atomic E-state index is 0.0201. The molecule has 0 unspecified atom stereocenters. The smallest absolute Gasteiger partial charge is 0.311 e. The van der Waals surface area contributed by atoms with Crippen LogP contribution in [0.1, 0.15) is 38.7 Å². The van der Waals surface area contributed by atoms with Crippen molar-refractivity contribution < 1.29 is 22.7 Å². The highest BCUT2D eigenvalue weighted by Crippen LogP contribution is 2.21. The van der Waals surface area contributed by atoms with E-state index in [4.69, 9.17) is 4.74 Å². The summed E-state index contributed by atoms with van der Waals surface area (Å²) in [6.07, 6.45) is 1.94. The monoisotopic (exact) mass is 382 g/mol. The third kappa shape index (κ3) is 5.28. The number of carbonyl (C=O) groups is 2. The van der Waals surface area contributed by atoms with Crippen molar-refractivity contribution in [1.82, 2.24) is 9.62 Å². The van der Waals surface area contributed by atoms with E-state index in [9.17, 15) is 18.0 Å². The van der Waals surface area contributed by atoms with Crippen LogP contribution in [0.4, 0.5) is 0 Å². The van der Waals surface area contributed by atoms with Crippen LogP contribution in [-0.4, -0.2) is 50.3 Å². The van der Waals surface area contributed by atoms with Gasteiger partial charge in [0.05, 0.1) is 11.3 Å². The summed E-state index contributed by atoms with van der Waals surface area (Å²) in [4.78, 5) is 23.7. The highest BCUT2D eigenvalue weighted by molar-refractivity contribution is 7.89. The van der Waals surface area contributed by atoms with Crippen LogP contribution < -0.4 is 5.32 Å². The molecule has 26 heavy (non-hydrogen) atoms. The Labute approximate surface area is 154 Å². The average Bonchev–Trinajstić information content (AvgIpc) is 2.63. The molecular formula is C18H26N2O5S. The molecule has 2 rings (SSSR count). The first-order valence-corrected chi connectivity index (χ1v) is 10.3. The van der Waals surface area contributed by atoms with Crippen LogP contribution >= 0.6 is 0 Å². The number of rotatable bonds is 7. The molecule has 0 aromatic heterocycles. The second-order valence-electron chi connectivity index (χ2n) is 6.31. The minimum atomic E-state index is -3.48. The van der Waals surface area contributed by atoms with Crippen LogP contribution in [0.15, 0.2) is 29.2 Å². The summed E-state index contributed by atoms with van der Waals surface area (Å²) < 4.78 is 31.8. The van der Waals surface area contributed by atoms with Gasteiger partial charge in [-0.15, -0.1) is 0 Å². The normalized spacial score (nSPS) is 16.7. The fourth-order valence-corrected chi connectivity index (χ4v) is 4.33. The number of esters is 1. The van der Waals surface area contributed by atoms with Crippen LogP contribution in [0, 0.1) is 0 Å². The average molecular weight is 382 g/mol. The summed E-state index contributed by atoms with van der Waals surface area (Å²) in [5, 5.41) is 2.58. The van der Waals surface area contributed by atoms with Crippen LogP contribution in [0.5, 0.6) is 0 Å². The van der Waals surface area contributed by atoms with E-state index in [1.54, 1.807) is 19.1 Å². The Kier molecular flexibility index (Phi) is 7.16. The Morgan fingerprint density at radius 2 is 1.77 bits per heavy atom. The fourth-order valence-electron chi connectivity index (χ4n) is 2.81. The molecule has 8 heteroatoms. The lowest BCUT2D eigenvalue weighted by atomic mass is 10.1. The Balaban J connectivity index is 1.96. The number of ether oxygens (including phenoxy) is 1. The molecular weight excluding hydrogens is 356 g/mol. The molecule has 1 N–H and O–H groups in total. The molecule has 1 aliphatic heterocycles. The van der Waals surface area contributed by atoms with Gasteiger partial charge >= 0.3 is 5.97 Å². The van der Waals surface area contributed by atoms with Gasteiger partial charge in [-0.25, -0.2) is 8.42 Å². The van der Waals surface area contributed by atoms with E-state index in [0.717, 1.165) is 19.3 Å². The number of benzene rings is 1. The van der Waals surface area contributed by atoms with E-state index in [1.807, 2.05) is 0 Å². The number of piperidine rings is 1. The molecule has 0 saturated carbocycles. The van der Waals surface area contributed by atoms with Gasteiger partial charge < -0.3 is 10.1 Å². The lowest BCUT2D eigenvalue weighted by molar-refractivity contribution is -0.154. The van der Waals surface area contributed by atoms with Crippen molar-refractivity contribution in [3.63, 3.8) is 0 Å². The first-order valence-electron chi connectivity index (χ1n) is 8.91. The summed E-state index contributed by atoms with van der Waals surface area (Å²) in [5.41, 5.74) is 0.635. The highest BCUT2D eigenvalue weighted by Gasteiger charge is 2.25. The number of amides is 1. The summed E-state index contributed by atoms with van der Waals surface area (Å²) in [6.45, 7) is 4.86. The van der Waals surface area contributed by atoms with Gasteiger partial charge in [0.1, 0.15) is 0 Å². The standard InChI is InChI=1S/C18H26N2O5S/c1-3-19-18(22)14(2)25-17(21)13-15-7-9-16(10-8-15)26(23,24)20-11-5-4-6-12-20/h7-10,14H,3-6,11-13H2,1-2H3,(H,19,22)/t14-/m0/s1. The van der Waals surface area contributed by atoms with Gasteiger partial charge in [-0.2, -0.15) is 4.31 Å². The molecule has 1 amide bonds. The first kappa shape index (κ1) is 20.4. The molecule has 1 aliphatic rings. The topological polar surface area (TPSA) is 92.8 Å². The molecule has 0 aliphatic carbocycles. The maximum atomic E-state index is 12.6. The van der Waals surface area contributed by atoms with Gasteiger partial charge in [-0.1, -0.05) is 18.6 Å². The first-order chi connectivity index (χ1) is 12.3. The van der Waals surface area contributed by atoms with E-state index in [-0.39, 0.29) is 17.2 Å². The molecule has 0 spiro atoms. The molecule has 0 radical (unpaired) electrons. The number of nitrogens with one attached hydrogen (secondary N) is 1. The predicted molar refractivity (Wildman–Crippen MR) is 97.0 cm³/mol. The zero-order valence-electron chi connectivity index (χ0n) is 15.2. The van der Waals surface area contributed by atoms with Crippen molar-refractivity contribution >= 4 is 21.9 Å². The van der Waals surface area contributed by atoms with E-state index < -0.39 is 22.1 Å². The molecule has 1 aromatic carbocycles. The minimum Gasteiger partial charge on any atom is -0.452 e. The molecule has 1 fully saturated rings. The van der Waals surface area contributed by atoms with Crippen molar-refractivity contribution in [1.29, 1.82) is 0 Å². The number of sulfonamides is 1. The van der Waals surface area contributed by atoms with Crippen molar-refractivity contribution in [3.8, 4) is 0 Å². The Morgan fingerprint density at radius 1 is 1.15 bits per heavy atom. The molecule has 1 aromatic rings. The van der Waals surface area contributed by atoms with Gasteiger partial charge in [0.2, 0.25) is 10.0 Å². The van der Waals surface area contributed by atoms with Gasteiger partial charge in [0.15, 0.2) is 6.10 Å². The molecule has 1 heterocycles. The maximum absolute atomic E-state index is 12.6. The van der Waals surface area contributed by atoms with Crippen molar-refractivity contribution in [3.05, 3.63) is 29.8 Å². The van der Waals surface area contributed by atoms with Crippen LogP contribution in [0.25, 0.3) is 0 Å². The zero-order valence-corrected chi connectivity index (χ0v) is 16.0. The SMILES string of the molecule is CCNC(=O)[C@H](C)OC(=O)Cc1ccc(S(=O)(=O)N2CCCCC2)cc1. The summed E-state index contributed by atoms with van der Waals surface area (Å²) >= 11 is 0. The highest BCUT2D eigenvalue weighted by atomic mass is 32.2. The van der Waals surface area contributed by atoms with Gasteiger partial charge in [-0.05, 0) is 44.4 Å². The van der Waals surface area contributed by atoms with E-state index in [2.05, 4.69) is 5.32 Å². The second-order valence-corrected chi connectivity index (χ2v) is 8.25. The van der Waals surface area contributed by atoms with Crippen molar-refractivity contribution in [2.45, 2.75) is 50.5 Å². The number of carbonyl (C=O) groups excluding carboxylic acids is 2. The Bertz CT molecular complexity index is 724. The second kappa shape index (κ2) is 9.14. The van der Waals surface area contributed by atoms with Gasteiger partial charge in [0.25, 0.3) is 5.91 Å². The summed E-state index contributed by atoms with van der Waals surface area (Å²) in [6, 6.07) is 6.24. The molecule has 1 saturated heterocycles. The maximum Gasteiger partial charge on any atom is 0.311 e. The number of hydrogen-bond donors (Lipinski definition) is 1. The summed E-state index contributed by atoms with van der Waals surface area (Å²) in [5.74, 6) is -0.876. The third-order valence-electron chi connectivity index (χ3n) is 4.25. The van der Waals surface area contributed by atoms with Crippen LogP contribution in [0.2, 0.25) is 0 Å². The number of hydrogen-bond acceptors (Lipinski definition) is 5. The quantitative estimate of drug-likeness (QED) is 0.721. The van der Waals surface area contributed by atoms with Gasteiger partial charge in [0, 0.05) is 19.6 Å². The lowest BCUT2D eigenvalue weighted by Gasteiger charge is -2.25. The largest absolute Gasteiger partial charge is 0.452 e. The molecule has 7 nitrogen and oxygen atoms in total.